The number of halogens is 1. The Morgan fingerprint density at radius 3 is 2.56 bits per heavy atom. The Bertz CT molecular complexity index is 1210. The minimum atomic E-state index is -0.735. The minimum absolute atomic E-state index is 0.0112. The molecule has 0 fully saturated rings. The summed E-state index contributed by atoms with van der Waals surface area (Å²) in [6.45, 7) is 0.919. The van der Waals surface area contributed by atoms with E-state index in [2.05, 4.69) is 15.9 Å². The molecule has 1 aliphatic rings. The molecule has 2 heterocycles. The molecule has 1 amide bonds. The lowest BCUT2D eigenvalue weighted by molar-refractivity contribution is -0.129. The van der Waals surface area contributed by atoms with E-state index < -0.39 is 23.5 Å². The second kappa shape index (κ2) is 8.80. The van der Waals surface area contributed by atoms with Crippen LogP contribution in [0.25, 0.3) is 11.0 Å². The number of benzene rings is 2. The Morgan fingerprint density at radius 1 is 1.19 bits per heavy atom. The Hall–Kier alpha value is -3.10. The lowest BCUT2D eigenvalue weighted by Crippen LogP contribution is -2.36. The number of aliphatic hydroxyl groups is 1. The zero-order valence-electron chi connectivity index (χ0n) is 18.0. The summed E-state index contributed by atoms with van der Waals surface area (Å²) in [5, 5.41) is 11.5. The van der Waals surface area contributed by atoms with Gasteiger partial charge in [0.25, 0.3) is 5.91 Å². The molecule has 0 spiro atoms. The van der Waals surface area contributed by atoms with Crippen LogP contribution in [0.2, 0.25) is 0 Å². The number of hydrogen-bond donors (Lipinski definition) is 1. The topological polar surface area (TPSA) is 83.2 Å². The number of Topliss-reactive ketones (excluding diaryl/α,β-unsaturated/α-hetero) is 1. The number of nitrogens with zero attached hydrogens (tertiary/aromatic N) is 2. The molecule has 2 aromatic carbocycles. The summed E-state index contributed by atoms with van der Waals surface area (Å²) in [5.41, 5.74) is 1.26. The van der Waals surface area contributed by atoms with Gasteiger partial charge in [0.05, 0.1) is 18.7 Å². The third kappa shape index (κ3) is 4.03. The largest absolute Gasteiger partial charge is 0.503 e. The molecule has 1 atom stereocenters. The van der Waals surface area contributed by atoms with E-state index in [0.717, 1.165) is 9.86 Å². The quantitative estimate of drug-likeness (QED) is 0.487. The van der Waals surface area contributed by atoms with Crippen LogP contribution in [0.3, 0.4) is 0 Å². The van der Waals surface area contributed by atoms with Crippen molar-refractivity contribution in [1.29, 1.82) is 0 Å². The van der Waals surface area contributed by atoms with Crippen LogP contribution in [0.15, 0.2) is 68.8 Å². The summed E-state index contributed by atoms with van der Waals surface area (Å²) < 4.78 is 11.8. The maximum atomic E-state index is 13.5. The molecule has 8 heteroatoms. The number of carbonyl (C=O) groups is 2. The van der Waals surface area contributed by atoms with Crippen LogP contribution < -0.4 is 4.74 Å². The Labute approximate surface area is 194 Å². The van der Waals surface area contributed by atoms with E-state index in [9.17, 15) is 14.7 Å². The first-order valence-corrected chi connectivity index (χ1v) is 10.9. The SMILES string of the molecule is COc1ccc(C2C(C(=O)c3cc4cc(Br)ccc4o3)=C(O)C(=O)N2CCN(C)C)cc1. The van der Waals surface area contributed by atoms with Gasteiger partial charge in [0.2, 0.25) is 5.78 Å². The van der Waals surface area contributed by atoms with E-state index in [1.54, 1.807) is 43.5 Å². The highest BCUT2D eigenvalue weighted by Crippen LogP contribution is 2.40. The van der Waals surface area contributed by atoms with Crippen LogP contribution in [-0.4, -0.2) is 60.9 Å². The Morgan fingerprint density at radius 2 is 1.91 bits per heavy atom. The number of amides is 1. The maximum Gasteiger partial charge on any atom is 0.290 e. The lowest BCUT2D eigenvalue weighted by atomic mass is 9.95. The summed E-state index contributed by atoms with van der Waals surface area (Å²) >= 11 is 3.41. The predicted octanol–water partition coefficient (Wildman–Crippen LogP) is 4.34. The summed E-state index contributed by atoms with van der Waals surface area (Å²) in [6.07, 6.45) is 0. The highest BCUT2D eigenvalue weighted by atomic mass is 79.9. The second-order valence-corrected chi connectivity index (χ2v) is 8.78. The van der Waals surface area contributed by atoms with Gasteiger partial charge in [-0.05, 0) is 56.1 Å². The van der Waals surface area contributed by atoms with Crippen molar-refractivity contribution in [3.8, 4) is 5.75 Å². The van der Waals surface area contributed by atoms with Gasteiger partial charge in [0, 0.05) is 22.9 Å². The monoisotopic (exact) mass is 498 g/mol. The molecule has 1 N–H and O–H groups in total. The summed E-state index contributed by atoms with van der Waals surface area (Å²) in [7, 11) is 5.36. The molecule has 4 rings (SSSR count). The standard InChI is InChI=1S/C24H23BrN2O5/c1-26(2)10-11-27-21(14-4-7-17(31-3)8-5-14)20(23(29)24(27)30)22(28)19-13-15-12-16(25)6-9-18(15)32-19/h4-9,12-13,21,29H,10-11H2,1-3H3. The normalized spacial score (nSPS) is 16.5. The van der Waals surface area contributed by atoms with Crippen molar-refractivity contribution in [3.05, 3.63) is 75.7 Å². The lowest BCUT2D eigenvalue weighted by Gasteiger charge is -2.28. The molecule has 0 aliphatic carbocycles. The highest BCUT2D eigenvalue weighted by molar-refractivity contribution is 9.10. The predicted molar refractivity (Wildman–Crippen MR) is 124 cm³/mol. The number of fused-ring (bicyclic) bond motifs is 1. The average molecular weight is 499 g/mol. The van der Waals surface area contributed by atoms with Crippen LogP contribution in [0.4, 0.5) is 0 Å². The van der Waals surface area contributed by atoms with Gasteiger partial charge in [-0.25, -0.2) is 0 Å². The van der Waals surface area contributed by atoms with Crippen molar-refractivity contribution >= 4 is 38.6 Å². The first-order chi connectivity index (χ1) is 15.3. The molecule has 32 heavy (non-hydrogen) atoms. The van der Waals surface area contributed by atoms with Crippen LogP contribution in [0.5, 0.6) is 5.75 Å². The maximum absolute atomic E-state index is 13.5. The smallest absolute Gasteiger partial charge is 0.290 e. The molecule has 3 aromatic rings. The summed E-state index contributed by atoms with van der Waals surface area (Å²) in [5.74, 6) is -0.912. The number of ether oxygens (including phenoxy) is 1. The molecule has 7 nitrogen and oxygen atoms in total. The number of ketones is 1. The average Bonchev–Trinajstić information content (AvgIpc) is 3.30. The molecule has 0 bridgehead atoms. The second-order valence-electron chi connectivity index (χ2n) is 7.86. The fourth-order valence-corrected chi connectivity index (χ4v) is 4.19. The highest BCUT2D eigenvalue weighted by Gasteiger charge is 2.44. The van der Waals surface area contributed by atoms with Gasteiger partial charge in [-0.15, -0.1) is 0 Å². The van der Waals surface area contributed by atoms with Gasteiger partial charge in [0.15, 0.2) is 11.5 Å². The van der Waals surface area contributed by atoms with Gasteiger partial charge in [-0.1, -0.05) is 28.1 Å². The molecule has 0 saturated heterocycles. The first-order valence-electron chi connectivity index (χ1n) is 10.1. The fourth-order valence-electron chi connectivity index (χ4n) is 3.82. The molecular weight excluding hydrogens is 476 g/mol. The van der Waals surface area contributed by atoms with E-state index in [1.807, 2.05) is 31.1 Å². The van der Waals surface area contributed by atoms with E-state index in [4.69, 9.17) is 9.15 Å². The number of likely N-dealkylation sites (N-methyl/N-ethyl adjacent to an activating group) is 1. The van der Waals surface area contributed by atoms with E-state index in [1.165, 1.54) is 4.90 Å². The van der Waals surface area contributed by atoms with Crippen LogP contribution in [-0.2, 0) is 4.79 Å². The molecule has 1 unspecified atom stereocenters. The van der Waals surface area contributed by atoms with Gasteiger partial charge < -0.3 is 24.1 Å². The van der Waals surface area contributed by atoms with Crippen molar-refractivity contribution in [1.82, 2.24) is 9.80 Å². The third-order valence-corrected chi connectivity index (χ3v) is 5.96. The van der Waals surface area contributed by atoms with Crippen molar-refractivity contribution < 1.29 is 23.8 Å². The molecule has 166 valence electrons. The van der Waals surface area contributed by atoms with Gasteiger partial charge in [0.1, 0.15) is 11.3 Å². The number of aliphatic hydroxyl groups excluding tert-OH is 1. The van der Waals surface area contributed by atoms with Crippen LogP contribution >= 0.6 is 15.9 Å². The van der Waals surface area contributed by atoms with Crippen molar-refractivity contribution in [3.63, 3.8) is 0 Å². The first kappa shape index (κ1) is 22.1. The molecule has 0 radical (unpaired) electrons. The van der Waals surface area contributed by atoms with Crippen LogP contribution in [0, 0.1) is 0 Å². The van der Waals surface area contributed by atoms with E-state index >= 15 is 0 Å². The zero-order chi connectivity index (χ0) is 23.0. The van der Waals surface area contributed by atoms with Gasteiger partial charge in [-0.2, -0.15) is 0 Å². The number of hydrogen-bond acceptors (Lipinski definition) is 6. The van der Waals surface area contributed by atoms with Crippen molar-refractivity contribution in [2.75, 3.05) is 34.3 Å². The molecule has 1 aromatic heterocycles. The van der Waals surface area contributed by atoms with E-state index in [0.29, 0.717) is 30.0 Å². The fraction of sp³-hybridized carbons (Fsp3) is 0.250. The van der Waals surface area contributed by atoms with Gasteiger partial charge in [-0.3, -0.25) is 9.59 Å². The number of carbonyl (C=O) groups excluding carboxylic acids is 2. The number of rotatable bonds is 7. The van der Waals surface area contributed by atoms with Gasteiger partial charge >= 0.3 is 0 Å². The molecule has 0 saturated carbocycles. The zero-order valence-corrected chi connectivity index (χ0v) is 19.5. The molecule has 1 aliphatic heterocycles. The van der Waals surface area contributed by atoms with Crippen molar-refractivity contribution in [2.24, 2.45) is 0 Å². The van der Waals surface area contributed by atoms with Crippen molar-refractivity contribution in [2.45, 2.75) is 6.04 Å². The minimum Gasteiger partial charge on any atom is -0.503 e. The number of methoxy groups -OCH3 is 1. The third-order valence-electron chi connectivity index (χ3n) is 5.47. The summed E-state index contributed by atoms with van der Waals surface area (Å²) in [6, 6.07) is 13.4. The number of furan rings is 1. The van der Waals surface area contributed by atoms with Crippen LogP contribution in [0.1, 0.15) is 22.2 Å². The Kier molecular flexibility index (Phi) is 6.08. The molecular formula is C24H23BrN2O5. The Balaban J connectivity index is 1.78. The summed E-state index contributed by atoms with van der Waals surface area (Å²) in [4.78, 5) is 29.9. The van der Waals surface area contributed by atoms with E-state index in [-0.39, 0.29) is 11.3 Å².